The molecule has 0 saturated carbocycles. The van der Waals surface area contributed by atoms with Crippen LogP contribution in [0.3, 0.4) is 0 Å². The van der Waals surface area contributed by atoms with Gasteiger partial charge in [0.1, 0.15) is 0 Å². The molecule has 0 heterocycles. The third-order valence-corrected chi connectivity index (χ3v) is 4.70. The van der Waals surface area contributed by atoms with Crippen molar-refractivity contribution in [2.75, 3.05) is 17.8 Å². The summed E-state index contributed by atoms with van der Waals surface area (Å²) in [6.45, 7) is 1.56. The highest BCUT2D eigenvalue weighted by atomic mass is 32.2. The van der Waals surface area contributed by atoms with Crippen LogP contribution in [0, 0.1) is 0 Å². The molecule has 0 aliphatic rings. The number of sulfone groups is 1. The van der Waals surface area contributed by atoms with Crippen molar-refractivity contribution in [1.82, 2.24) is 0 Å². The van der Waals surface area contributed by atoms with Crippen LogP contribution in [-0.4, -0.2) is 42.5 Å². The standard InChI is InChI=1S/C7H14O4S2/c1-3-6(7(8)9)13(10,11)5-4-12-2/h6H,3-5H2,1-2H3,(H,8,9). The monoisotopic (exact) mass is 226 g/mol. The van der Waals surface area contributed by atoms with E-state index in [4.69, 9.17) is 5.11 Å². The van der Waals surface area contributed by atoms with E-state index >= 15 is 0 Å². The number of thioether (sulfide) groups is 1. The van der Waals surface area contributed by atoms with E-state index in [0.717, 1.165) is 0 Å². The quantitative estimate of drug-likeness (QED) is 0.719. The summed E-state index contributed by atoms with van der Waals surface area (Å²) in [4.78, 5) is 10.6. The predicted molar refractivity (Wildman–Crippen MR) is 53.9 cm³/mol. The fraction of sp³-hybridized carbons (Fsp3) is 0.857. The van der Waals surface area contributed by atoms with E-state index in [0.29, 0.717) is 5.75 Å². The molecule has 1 N–H and O–H groups in total. The molecule has 0 aromatic heterocycles. The minimum atomic E-state index is -3.45. The first-order chi connectivity index (χ1) is 5.95. The number of hydrogen-bond donors (Lipinski definition) is 1. The summed E-state index contributed by atoms with van der Waals surface area (Å²) in [6, 6.07) is 0. The van der Waals surface area contributed by atoms with E-state index < -0.39 is 21.1 Å². The van der Waals surface area contributed by atoms with E-state index in [-0.39, 0.29) is 12.2 Å². The van der Waals surface area contributed by atoms with Crippen LogP contribution >= 0.6 is 11.8 Å². The minimum absolute atomic E-state index is 0.0566. The summed E-state index contributed by atoms with van der Waals surface area (Å²) in [5, 5.41) is 7.39. The zero-order valence-electron chi connectivity index (χ0n) is 7.69. The molecule has 0 aliphatic heterocycles. The van der Waals surface area contributed by atoms with Gasteiger partial charge in [0, 0.05) is 5.75 Å². The van der Waals surface area contributed by atoms with Crippen molar-refractivity contribution in [2.45, 2.75) is 18.6 Å². The fourth-order valence-corrected chi connectivity index (χ4v) is 3.62. The fourth-order valence-electron chi connectivity index (χ4n) is 0.924. The Morgan fingerprint density at radius 3 is 2.38 bits per heavy atom. The highest BCUT2D eigenvalue weighted by molar-refractivity contribution is 8.00. The van der Waals surface area contributed by atoms with Crippen LogP contribution in [0.1, 0.15) is 13.3 Å². The second kappa shape index (κ2) is 5.49. The van der Waals surface area contributed by atoms with Crippen molar-refractivity contribution in [1.29, 1.82) is 0 Å². The van der Waals surface area contributed by atoms with E-state index in [2.05, 4.69) is 0 Å². The summed E-state index contributed by atoms with van der Waals surface area (Å²) in [5.41, 5.74) is 0. The number of hydrogen-bond acceptors (Lipinski definition) is 4. The lowest BCUT2D eigenvalue weighted by Gasteiger charge is -2.10. The normalized spacial score (nSPS) is 14.0. The SMILES string of the molecule is CCC(C(=O)O)S(=O)(=O)CCSC. The molecule has 0 saturated heterocycles. The first-order valence-electron chi connectivity index (χ1n) is 3.89. The molecule has 0 radical (unpaired) electrons. The lowest BCUT2D eigenvalue weighted by Crippen LogP contribution is -2.32. The Morgan fingerprint density at radius 2 is 2.08 bits per heavy atom. The molecule has 0 bridgehead atoms. The lowest BCUT2D eigenvalue weighted by atomic mass is 10.3. The van der Waals surface area contributed by atoms with Gasteiger partial charge in [0.05, 0.1) is 5.75 Å². The van der Waals surface area contributed by atoms with Gasteiger partial charge in [0.15, 0.2) is 15.1 Å². The van der Waals surface area contributed by atoms with Crippen LogP contribution in [0.25, 0.3) is 0 Å². The maximum absolute atomic E-state index is 11.4. The first kappa shape index (κ1) is 12.8. The van der Waals surface area contributed by atoms with Gasteiger partial charge >= 0.3 is 5.97 Å². The Bertz CT molecular complexity index is 258. The number of aliphatic carboxylic acids is 1. The van der Waals surface area contributed by atoms with Crippen LogP contribution in [0.5, 0.6) is 0 Å². The van der Waals surface area contributed by atoms with Crippen LogP contribution in [0.4, 0.5) is 0 Å². The average Bonchev–Trinajstić information content (AvgIpc) is 2.01. The van der Waals surface area contributed by atoms with Gasteiger partial charge in [-0.25, -0.2) is 8.42 Å². The largest absolute Gasteiger partial charge is 0.480 e. The van der Waals surface area contributed by atoms with Crippen molar-refractivity contribution >= 4 is 27.6 Å². The molecule has 1 unspecified atom stereocenters. The zero-order chi connectivity index (χ0) is 10.5. The van der Waals surface area contributed by atoms with Crippen molar-refractivity contribution < 1.29 is 18.3 Å². The van der Waals surface area contributed by atoms with Crippen LogP contribution in [-0.2, 0) is 14.6 Å². The number of carbonyl (C=O) groups is 1. The van der Waals surface area contributed by atoms with Gasteiger partial charge in [-0.2, -0.15) is 11.8 Å². The van der Waals surface area contributed by atoms with E-state index in [1.54, 1.807) is 13.2 Å². The Morgan fingerprint density at radius 1 is 1.54 bits per heavy atom. The molecular weight excluding hydrogens is 212 g/mol. The summed E-state index contributed by atoms with van der Waals surface area (Å²) in [5.74, 6) is -0.853. The molecule has 6 heteroatoms. The van der Waals surface area contributed by atoms with Gasteiger partial charge in [0.2, 0.25) is 0 Å². The molecule has 0 aromatic rings. The Kier molecular flexibility index (Phi) is 5.39. The third-order valence-electron chi connectivity index (χ3n) is 1.65. The molecule has 78 valence electrons. The van der Waals surface area contributed by atoms with Crippen LogP contribution in [0.2, 0.25) is 0 Å². The van der Waals surface area contributed by atoms with Gasteiger partial charge < -0.3 is 5.11 Å². The molecule has 0 aromatic carbocycles. The van der Waals surface area contributed by atoms with Crippen molar-refractivity contribution in [3.8, 4) is 0 Å². The molecule has 1 atom stereocenters. The molecule has 4 nitrogen and oxygen atoms in total. The predicted octanol–water partition coefficient (Wildman–Crippen LogP) is 0.627. The van der Waals surface area contributed by atoms with Gasteiger partial charge in [-0.1, -0.05) is 6.92 Å². The summed E-state index contributed by atoms with van der Waals surface area (Å²) < 4.78 is 22.7. The highest BCUT2D eigenvalue weighted by Gasteiger charge is 2.29. The van der Waals surface area contributed by atoms with E-state index in [1.807, 2.05) is 0 Å². The van der Waals surface area contributed by atoms with E-state index in [9.17, 15) is 13.2 Å². The Hall–Kier alpha value is -0.230. The molecule has 0 fully saturated rings. The minimum Gasteiger partial charge on any atom is -0.480 e. The lowest BCUT2D eigenvalue weighted by molar-refractivity contribution is -0.136. The van der Waals surface area contributed by atoms with Crippen LogP contribution in [0.15, 0.2) is 0 Å². The number of rotatable bonds is 6. The molecule has 0 aliphatic carbocycles. The van der Waals surface area contributed by atoms with Gasteiger partial charge in [-0.15, -0.1) is 0 Å². The molecule has 0 spiro atoms. The third kappa shape index (κ3) is 3.99. The van der Waals surface area contributed by atoms with Gasteiger partial charge in [-0.05, 0) is 12.7 Å². The van der Waals surface area contributed by atoms with Crippen molar-refractivity contribution in [3.05, 3.63) is 0 Å². The average molecular weight is 226 g/mol. The second-order valence-corrected chi connectivity index (χ2v) is 5.88. The van der Waals surface area contributed by atoms with Crippen LogP contribution < -0.4 is 0 Å². The summed E-state index contributed by atoms with van der Waals surface area (Å²) in [7, 11) is -3.45. The highest BCUT2D eigenvalue weighted by Crippen LogP contribution is 2.09. The topological polar surface area (TPSA) is 71.4 Å². The molecule has 13 heavy (non-hydrogen) atoms. The van der Waals surface area contributed by atoms with Gasteiger partial charge in [0.25, 0.3) is 0 Å². The number of carboxylic acid groups (broad SMARTS) is 1. The first-order valence-corrected chi connectivity index (χ1v) is 7.00. The Labute approximate surface area is 82.6 Å². The zero-order valence-corrected chi connectivity index (χ0v) is 9.32. The smallest absolute Gasteiger partial charge is 0.321 e. The maximum atomic E-state index is 11.4. The second-order valence-electron chi connectivity index (χ2n) is 2.59. The van der Waals surface area contributed by atoms with Crippen molar-refractivity contribution in [3.63, 3.8) is 0 Å². The van der Waals surface area contributed by atoms with Crippen molar-refractivity contribution in [2.24, 2.45) is 0 Å². The van der Waals surface area contributed by atoms with Gasteiger partial charge in [-0.3, -0.25) is 4.79 Å². The molecule has 0 amide bonds. The summed E-state index contributed by atoms with van der Waals surface area (Å²) in [6.07, 6.45) is 1.92. The summed E-state index contributed by atoms with van der Waals surface area (Å²) >= 11 is 1.40. The van der Waals surface area contributed by atoms with E-state index in [1.165, 1.54) is 11.8 Å². The maximum Gasteiger partial charge on any atom is 0.321 e. The number of carboxylic acids is 1. The molecular formula is C7H14O4S2. The molecule has 0 rings (SSSR count). The Balaban J connectivity index is 4.49.